The highest BCUT2D eigenvalue weighted by atomic mass is 16.6. The number of aliphatic hydroxyl groups is 1. The van der Waals surface area contributed by atoms with E-state index in [1.807, 2.05) is 0 Å². The van der Waals surface area contributed by atoms with Crippen LogP contribution in [0.15, 0.2) is 0 Å². The molecule has 1 N–H and O–H groups in total. The summed E-state index contributed by atoms with van der Waals surface area (Å²) in [6.07, 6.45) is 2.25. The maximum absolute atomic E-state index is 11.4. The number of carbonyl (C=O) groups is 1. The van der Waals surface area contributed by atoms with E-state index in [-0.39, 0.29) is 6.10 Å². The Kier molecular flexibility index (Phi) is 4.78. The molecule has 0 spiro atoms. The first kappa shape index (κ1) is 13.5. The molecular weight excluding hydrogens is 204 g/mol. The van der Waals surface area contributed by atoms with Crippen LogP contribution < -0.4 is 0 Å². The second-order valence-corrected chi connectivity index (χ2v) is 5.48. The first-order valence-electron chi connectivity index (χ1n) is 6.30. The van der Waals surface area contributed by atoms with Crippen LogP contribution in [0.25, 0.3) is 0 Å². The zero-order chi connectivity index (χ0) is 12.3. The van der Waals surface area contributed by atoms with E-state index in [2.05, 4.69) is 20.8 Å². The van der Waals surface area contributed by atoms with Crippen molar-refractivity contribution in [3.8, 4) is 0 Å². The number of hydrogen-bond donors (Lipinski definition) is 1. The largest absolute Gasteiger partial charge is 0.460 e. The normalized spacial score (nSPS) is 32.5. The fourth-order valence-electron chi connectivity index (χ4n) is 2.50. The summed E-state index contributed by atoms with van der Waals surface area (Å²) >= 11 is 0. The van der Waals surface area contributed by atoms with Crippen molar-refractivity contribution in [2.24, 2.45) is 17.8 Å². The molecule has 3 heteroatoms. The lowest BCUT2D eigenvalue weighted by Crippen LogP contribution is -2.37. The Morgan fingerprint density at radius 2 is 1.94 bits per heavy atom. The zero-order valence-electron chi connectivity index (χ0n) is 10.8. The van der Waals surface area contributed by atoms with Crippen molar-refractivity contribution >= 4 is 5.97 Å². The van der Waals surface area contributed by atoms with E-state index >= 15 is 0 Å². The van der Waals surface area contributed by atoms with E-state index in [4.69, 9.17) is 9.84 Å². The Morgan fingerprint density at radius 3 is 2.44 bits per heavy atom. The Bertz CT molecular complexity index is 235. The summed E-state index contributed by atoms with van der Waals surface area (Å²) in [7, 11) is 0. The van der Waals surface area contributed by atoms with Gasteiger partial charge in [-0.3, -0.25) is 0 Å². The summed E-state index contributed by atoms with van der Waals surface area (Å²) in [6, 6.07) is 0. The molecule has 1 rings (SSSR count). The van der Waals surface area contributed by atoms with Gasteiger partial charge in [0.15, 0.2) is 0 Å². The molecular formula is C13H24O3. The van der Waals surface area contributed by atoms with Crippen molar-refractivity contribution in [1.82, 2.24) is 0 Å². The fraction of sp³-hybridized carbons (Fsp3) is 0.923. The van der Waals surface area contributed by atoms with Gasteiger partial charge in [-0.2, -0.15) is 0 Å². The Labute approximate surface area is 98.2 Å². The number of ether oxygens (including phenoxy) is 1. The summed E-state index contributed by atoms with van der Waals surface area (Å²) in [5, 5.41) is 9.17. The van der Waals surface area contributed by atoms with Crippen molar-refractivity contribution < 1.29 is 14.6 Å². The monoisotopic (exact) mass is 228 g/mol. The number of rotatable bonds is 3. The second-order valence-electron chi connectivity index (χ2n) is 5.48. The van der Waals surface area contributed by atoms with Crippen LogP contribution in [0.4, 0.5) is 0 Å². The van der Waals surface area contributed by atoms with Crippen LogP contribution in [0.3, 0.4) is 0 Å². The molecule has 3 nitrogen and oxygen atoms in total. The lowest BCUT2D eigenvalue weighted by atomic mass is 9.75. The Balaban J connectivity index is 2.61. The summed E-state index contributed by atoms with van der Waals surface area (Å²) in [4.78, 5) is 11.4. The molecule has 4 atom stereocenters. The zero-order valence-corrected chi connectivity index (χ0v) is 10.8. The molecule has 0 heterocycles. The van der Waals surface area contributed by atoms with Crippen molar-refractivity contribution in [1.29, 1.82) is 0 Å². The first-order chi connectivity index (χ1) is 7.41. The van der Waals surface area contributed by atoms with E-state index < -0.39 is 12.1 Å². The van der Waals surface area contributed by atoms with Crippen LogP contribution in [0.2, 0.25) is 0 Å². The molecule has 0 amide bonds. The Hall–Kier alpha value is -0.570. The minimum Gasteiger partial charge on any atom is -0.460 e. The van der Waals surface area contributed by atoms with Gasteiger partial charge in [-0.25, -0.2) is 4.79 Å². The van der Waals surface area contributed by atoms with Gasteiger partial charge in [-0.05, 0) is 37.5 Å². The lowest BCUT2D eigenvalue weighted by molar-refractivity contribution is -0.164. The predicted molar refractivity (Wildman–Crippen MR) is 62.9 cm³/mol. The van der Waals surface area contributed by atoms with Gasteiger partial charge in [0.1, 0.15) is 12.2 Å². The van der Waals surface area contributed by atoms with E-state index in [9.17, 15) is 4.79 Å². The molecule has 1 aliphatic carbocycles. The maximum Gasteiger partial charge on any atom is 0.334 e. The topological polar surface area (TPSA) is 46.5 Å². The SMILES string of the molecule is CC(C)[C@H]1CC[C@@H](C)C[C@H]1OC(=O)[C@H](C)O. The molecule has 16 heavy (non-hydrogen) atoms. The van der Waals surface area contributed by atoms with Crippen LogP contribution in [0.5, 0.6) is 0 Å². The average molecular weight is 228 g/mol. The molecule has 0 radical (unpaired) electrons. The van der Waals surface area contributed by atoms with E-state index in [1.54, 1.807) is 0 Å². The third-order valence-electron chi connectivity index (χ3n) is 3.57. The molecule has 94 valence electrons. The minimum absolute atomic E-state index is 0.00847. The van der Waals surface area contributed by atoms with Gasteiger partial charge in [0, 0.05) is 0 Å². The van der Waals surface area contributed by atoms with Gasteiger partial charge in [0.25, 0.3) is 0 Å². The van der Waals surface area contributed by atoms with Crippen LogP contribution in [0, 0.1) is 17.8 Å². The minimum atomic E-state index is -1.01. The third-order valence-corrected chi connectivity index (χ3v) is 3.57. The summed E-state index contributed by atoms with van der Waals surface area (Å²) < 4.78 is 5.41. The molecule has 0 aromatic carbocycles. The fourth-order valence-corrected chi connectivity index (χ4v) is 2.50. The quantitative estimate of drug-likeness (QED) is 0.754. The molecule has 0 unspecified atom stereocenters. The smallest absolute Gasteiger partial charge is 0.334 e. The molecule has 1 aliphatic rings. The van der Waals surface area contributed by atoms with Crippen LogP contribution in [-0.2, 0) is 9.53 Å². The van der Waals surface area contributed by atoms with E-state index in [0.29, 0.717) is 17.8 Å². The van der Waals surface area contributed by atoms with Gasteiger partial charge in [-0.1, -0.05) is 27.2 Å². The van der Waals surface area contributed by atoms with Gasteiger partial charge in [-0.15, -0.1) is 0 Å². The molecule has 0 aliphatic heterocycles. The maximum atomic E-state index is 11.4. The third kappa shape index (κ3) is 3.48. The van der Waals surface area contributed by atoms with Crippen LogP contribution in [0.1, 0.15) is 47.0 Å². The summed E-state index contributed by atoms with van der Waals surface area (Å²) in [5.74, 6) is 1.10. The van der Waals surface area contributed by atoms with E-state index in [0.717, 1.165) is 12.8 Å². The van der Waals surface area contributed by atoms with Gasteiger partial charge in [0.2, 0.25) is 0 Å². The summed E-state index contributed by atoms with van der Waals surface area (Å²) in [6.45, 7) is 7.99. The van der Waals surface area contributed by atoms with Crippen molar-refractivity contribution in [3.05, 3.63) is 0 Å². The number of hydrogen-bond acceptors (Lipinski definition) is 3. The predicted octanol–water partition coefficient (Wildman–Crippen LogP) is 2.37. The second kappa shape index (κ2) is 5.67. The van der Waals surface area contributed by atoms with Crippen molar-refractivity contribution in [2.75, 3.05) is 0 Å². The van der Waals surface area contributed by atoms with Crippen LogP contribution in [-0.4, -0.2) is 23.3 Å². The van der Waals surface area contributed by atoms with Crippen LogP contribution >= 0.6 is 0 Å². The van der Waals surface area contributed by atoms with Gasteiger partial charge >= 0.3 is 5.97 Å². The van der Waals surface area contributed by atoms with E-state index in [1.165, 1.54) is 13.3 Å². The molecule has 0 saturated heterocycles. The van der Waals surface area contributed by atoms with Gasteiger partial charge in [0.05, 0.1) is 0 Å². The molecule has 0 bridgehead atoms. The van der Waals surface area contributed by atoms with Crippen molar-refractivity contribution in [3.63, 3.8) is 0 Å². The Morgan fingerprint density at radius 1 is 1.31 bits per heavy atom. The lowest BCUT2D eigenvalue weighted by Gasteiger charge is -2.36. The average Bonchev–Trinajstić information content (AvgIpc) is 2.16. The van der Waals surface area contributed by atoms with Crippen molar-refractivity contribution in [2.45, 2.75) is 59.2 Å². The van der Waals surface area contributed by atoms with Gasteiger partial charge < -0.3 is 9.84 Å². The molecule has 1 fully saturated rings. The summed E-state index contributed by atoms with van der Waals surface area (Å²) in [5.41, 5.74) is 0. The number of esters is 1. The molecule has 0 aromatic heterocycles. The highest BCUT2D eigenvalue weighted by molar-refractivity contribution is 5.74. The molecule has 0 aromatic rings. The highest BCUT2D eigenvalue weighted by Crippen LogP contribution is 2.35. The highest BCUT2D eigenvalue weighted by Gasteiger charge is 2.33. The standard InChI is InChI=1S/C13H24O3/c1-8(2)11-6-5-9(3)7-12(11)16-13(15)10(4)14/h8-12,14H,5-7H2,1-4H3/t9-,10+,11-,12-/m1/s1. The first-order valence-corrected chi connectivity index (χ1v) is 6.30. The number of carbonyl (C=O) groups excluding carboxylic acids is 1. The molecule has 1 saturated carbocycles. The number of aliphatic hydroxyl groups excluding tert-OH is 1.